The van der Waals surface area contributed by atoms with Crippen LogP contribution in [0.2, 0.25) is 0 Å². The molecule has 0 aliphatic carbocycles. The first-order valence-electron chi connectivity index (χ1n) is 7.37. The van der Waals surface area contributed by atoms with Gasteiger partial charge in [-0.1, -0.05) is 0 Å². The summed E-state index contributed by atoms with van der Waals surface area (Å²) in [4.78, 5) is 34.7. The van der Waals surface area contributed by atoms with Crippen LogP contribution in [-0.2, 0) is 19.1 Å². The zero-order chi connectivity index (χ0) is 17.6. The molecule has 0 radical (unpaired) electrons. The van der Waals surface area contributed by atoms with Crippen molar-refractivity contribution in [3.05, 3.63) is 11.5 Å². The van der Waals surface area contributed by atoms with Gasteiger partial charge in [0.1, 0.15) is 6.10 Å². The van der Waals surface area contributed by atoms with Crippen LogP contribution in [0.3, 0.4) is 0 Å². The minimum atomic E-state index is -1.28. The summed E-state index contributed by atoms with van der Waals surface area (Å²) in [6.07, 6.45) is -0.540. The maximum Gasteiger partial charge on any atom is 0.358 e. The van der Waals surface area contributed by atoms with Gasteiger partial charge in [-0.2, -0.15) is 5.06 Å². The molecule has 0 spiro atoms. The number of nitrogens with one attached hydrogen (secondary N) is 1. The molecule has 1 amide bonds. The molecule has 7 nitrogen and oxygen atoms in total. The maximum absolute atomic E-state index is 13.8. The number of esters is 1. The fourth-order valence-corrected chi connectivity index (χ4v) is 3.21. The van der Waals surface area contributed by atoms with Gasteiger partial charge in [-0.15, -0.1) is 0 Å². The molecule has 0 aromatic heterocycles. The van der Waals surface area contributed by atoms with E-state index in [9.17, 15) is 24.0 Å². The summed E-state index contributed by atoms with van der Waals surface area (Å²) in [7, 11) is 0. The molecule has 8 heteroatoms. The van der Waals surface area contributed by atoms with Crippen molar-refractivity contribution in [2.45, 2.75) is 64.1 Å². The highest BCUT2D eigenvalue weighted by Gasteiger charge is 2.46. The Bertz CT molecular complexity index is 579. The molecule has 0 aromatic rings. The topological polar surface area (TPSA) is 95.9 Å². The molecule has 2 aliphatic heterocycles. The number of rotatable bonds is 2. The van der Waals surface area contributed by atoms with Crippen molar-refractivity contribution < 1.29 is 28.7 Å². The number of allylic oxidation sites excluding steroid dienone is 1. The average molecular weight is 328 g/mol. The van der Waals surface area contributed by atoms with Crippen molar-refractivity contribution in [2.75, 3.05) is 0 Å². The molecule has 1 fully saturated rings. The molecular weight excluding hydrogens is 307 g/mol. The highest BCUT2D eigenvalue weighted by Crippen LogP contribution is 2.38. The Morgan fingerprint density at radius 3 is 2.30 bits per heavy atom. The monoisotopic (exact) mass is 328 g/mol. The molecule has 2 heterocycles. The normalized spacial score (nSPS) is 25.3. The third kappa shape index (κ3) is 3.42. The highest BCUT2D eigenvalue weighted by molar-refractivity contribution is 6.14. The van der Waals surface area contributed by atoms with Gasteiger partial charge in [-0.3, -0.25) is 9.59 Å². The van der Waals surface area contributed by atoms with Crippen molar-refractivity contribution in [2.24, 2.45) is 0 Å². The van der Waals surface area contributed by atoms with E-state index in [1.807, 2.05) is 5.32 Å². The lowest BCUT2D eigenvalue weighted by atomic mass is 9.80. The van der Waals surface area contributed by atoms with Gasteiger partial charge in [0, 0.05) is 23.9 Å². The molecule has 0 saturated carbocycles. The van der Waals surface area contributed by atoms with E-state index < -0.39 is 52.8 Å². The molecule has 0 unspecified atom stereocenters. The van der Waals surface area contributed by atoms with E-state index in [0.29, 0.717) is 12.8 Å². The summed E-state index contributed by atoms with van der Waals surface area (Å²) in [5.41, 5.74) is -2.04. The van der Waals surface area contributed by atoms with Crippen LogP contribution in [0, 0.1) is 0 Å². The van der Waals surface area contributed by atoms with Crippen molar-refractivity contribution in [3.8, 4) is 0 Å². The fourth-order valence-electron chi connectivity index (χ4n) is 3.21. The Morgan fingerprint density at radius 1 is 1.26 bits per heavy atom. The van der Waals surface area contributed by atoms with Crippen LogP contribution in [0.25, 0.3) is 0 Å². The van der Waals surface area contributed by atoms with Crippen LogP contribution < -0.4 is 5.32 Å². The molecular formula is C15H21FN2O5. The van der Waals surface area contributed by atoms with E-state index in [2.05, 4.69) is 0 Å². The van der Waals surface area contributed by atoms with E-state index in [-0.39, 0.29) is 0 Å². The number of Topliss-reactive ketones (excluding diaryl/α,β-unsaturated/α-hetero) is 1. The van der Waals surface area contributed by atoms with E-state index in [1.54, 1.807) is 27.7 Å². The van der Waals surface area contributed by atoms with E-state index in [0.717, 1.165) is 0 Å². The lowest BCUT2D eigenvalue weighted by molar-refractivity contribution is -0.259. The number of hydroxylamine groups is 2. The Balaban J connectivity index is 2.16. The van der Waals surface area contributed by atoms with Crippen LogP contribution in [0.15, 0.2) is 11.5 Å². The smallest absolute Gasteiger partial charge is 0.358 e. The summed E-state index contributed by atoms with van der Waals surface area (Å²) in [6.45, 7) is 7.17. The molecule has 0 bridgehead atoms. The maximum atomic E-state index is 13.8. The molecule has 1 saturated heterocycles. The van der Waals surface area contributed by atoms with Gasteiger partial charge in [0.2, 0.25) is 11.7 Å². The molecule has 2 rings (SSSR count). The number of amides is 1. The predicted octanol–water partition coefficient (Wildman–Crippen LogP) is 1.21. The SMILES string of the molecule is CC1(C)CC(OC(=O)C2=C(F)C(=O)CC(=O)N2)CC(C)(C)N1O. The van der Waals surface area contributed by atoms with E-state index in [1.165, 1.54) is 5.06 Å². The Morgan fingerprint density at radius 2 is 1.78 bits per heavy atom. The number of nitrogens with zero attached hydrogens (tertiary/aromatic N) is 1. The number of hydrogen-bond acceptors (Lipinski definition) is 6. The standard InChI is InChI=1S/C15H21FN2O5/c1-14(2)6-8(7-15(3,4)18(14)22)23-13(21)12-11(16)9(19)5-10(20)17-12/h8,22H,5-7H2,1-4H3,(H,17,20). The van der Waals surface area contributed by atoms with Crippen LogP contribution >= 0.6 is 0 Å². The summed E-state index contributed by atoms with van der Waals surface area (Å²) < 4.78 is 19.0. The Kier molecular flexibility index (Phi) is 4.34. The number of piperidine rings is 1. The van der Waals surface area contributed by atoms with E-state index in [4.69, 9.17) is 4.74 Å². The number of ketones is 1. The first kappa shape index (κ1) is 17.6. The zero-order valence-corrected chi connectivity index (χ0v) is 13.6. The van der Waals surface area contributed by atoms with Crippen LogP contribution in [0.1, 0.15) is 47.0 Å². The second kappa shape index (κ2) is 5.68. The van der Waals surface area contributed by atoms with Gasteiger partial charge >= 0.3 is 5.97 Å². The first-order valence-corrected chi connectivity index (χ1v) is 7.37. The Labute approximate surface area is 133 Å². The van der Waals surface area contributed by atoms with Crippen LogP contribution in [-0.4, -0.2) is 45.1 Å². The molecule has 2 aliphatic rings. The predicted molar refractivity (Wildman–Crippen MR) is 76.8 cm³/mol. The zero-order valence-electron chi connectivity index (χ0n) is 13.6. The van der Waals surface area contributed by atoms with Crippen molar-refractivity contribution in [1.29, 1.82) is 0 Å². The van der Waals surface area contributed by atoms with Gasteiger partial charge in [0.05, 0.1) is 6.42 Å². The second-order valence-electron chi connectivity index (χ2n) is 7.21. The Hall–Kier alpha value is -1.80. The number of carbonyl (C=O) groups is 3. The number of carbonyl (C=O) groups excluding carboxylic acids is 3. The molecule has 0 atom stereocenters. The van der Waals surface area contributed by atoms with Crippen molar-refractivity contribution >= 4 is 17.7 Å². The van der Waals surface area contributed by atoms with Gasteiger partial charge in [0.15, 0.2) is 11.5 Å². The molecule has 128 valence electrons. The quantitative estimate of drug-likeness (QED) is 0.584. The summed E-state index contributed by atoms with van der Waals surface area (Å²) in [6, 6.07) is 0. The van der Waals surface area contributed by atoms with Crippen LogP contribution in [0.5, 0.6) is 0 Å². The van der Waals surface area contributed by atoms with Gasteiger partial charge in [0.25, 0.3) is 0 Å². The minimum Gasteiger partial charge on any atom is -0.457 e. The lowest BCUT2D eigenvalue weighted by Gasteiger charge is -2.50. The van der Waals surface area contributed by atoms with Gasteiger partial charge in [-0.05, 0) is 27.7 Å². The third-order valence-corrected chi connectivity index (χ3v) is 4.13. The average Bonchev–Trinajstić information content (AvgIpc) is 2.39. The lowest BCUT2D eigenvalue weighted by Crippen LogP contribution is -2.60. The summed E-state index contributed by atoms with van der Waals surface area (Å²) >= 11 is 0. The third-order valence-electron chi connectivity index (χ3n) is 4.13. The summed E-state index contributed by atoms with van der Waals surface area (Å²) in [5, 5.41) is 13.5. The highest BCUT2D eigenvalue weighted by atomic mass is 19.1. The fraction of sp³-hybridized carbons (Fsp3) is 0.667. The molecule has 0 aromatic carbocycles. The van der Waals surface area contributed by atoms with Crippen LogP contribution in [0.4, 0.5) is 4.39 Å². The van der Waals surface area contributed by atoms with Gasteiger partial charge in [-0.25, -0.2) is 9.18 Å². The minimum absolute atomic E-state index is 0.329. The number of ether oxygens (including phenoxy) is 1. The second-order valence-corrected chi connectivity index (χ2v) is 7.21. The first-order chi connectivity index (χ1) is 10.4. The van der Waals surface area contributed by atoms with Crippen molar-refractivity contribution in [3.63, 3.8) is 0 Å². The largest absolute Gasteiger partial charge is 0.457 e. The number of hydrogen-bond donors (Lipinski definition) is 2. The molecule has 2 N–H and O–H groups in total. The van der Waals surface area contributed by atoms with Gasteiger partial charge < -0.3 is 15.3 Å². The molecule has 23 heavy (non-hydrogen) atoms. The number of halogens is 1. The summed E-state index contributed by atoms with van der Waals surface area (Å²) in [5.74, 6) is -4.14. The van der Waals surface area contributed by atoms with Crippen molar-refractivity contribution in [1.82, 2.24) is 10.4 Å². The van der Waals surface area contributed by atoms with E-state index >= 15 is 0 Å².